The van der Waals surface area contributed by atoms with E-state index < -0.39 is 41.1 Å². The van der Waals surface area contributed by atoms with Gasteiger partial charge in [0.15, 0.2) is 5.54 Å². The highest BCUT2D eigenvalue weighted by Gasteiger charge is 2.46. The summed E-state index contributed by atoms with van der Waals surface area (Å²) in [5, 5.41) is 14.7. The van der Waals surface area contributed by atoms with E-state index in [0.717, 1.165) is 5.56 Å². The van der Waals surface area contributed by atoms with Gasteiger partial charge in [0.2, 0.25) is 0 Å². The van der Waals surface area contributed by atoms with Crippen LogP contribution in [0.5, 0.6) is 0 Å². The number of benzene rings is 2. The van der Waals surface area contributed by atoms with Gasteiger partial charge >= 0.3 is 18.0 Å². The SMILES string of the molecule is CC(C)(C)OC(=O)[C@](N)(Cc1ccccc1)C(=O)N[C@@H](CCCCNC(=O)OCc1ccccc1)C(=O)O. The maximum atomic E-state index is 13.2. The second-order valence-electron chi connectivity index (χ2n) is 9.98. The summed E-state index contributed by atoms with van der Waals surface area (Å²) in [6.07, 6.45) is 0.138. The molecule has 2 rings (SSSR count). The van der Waals surface area contributed by atoms with Crippen molar-refractivity contribution in [3.8, 4) is 0 Å². The average Bonchev–Trinajstić information content (AvgIpc) is 2.86. The molecule has 5 N–H and O–H groups in total. The minimum Gasteiger partial charge on any atom is -0.480 e. The van der Waals surface area contributed by atoms with Crippen molar-refractivity contribution in [1.82, 2.24) is 10.6 Å². The summed E-state index contributed by atoms with van der Waals surface area (Å²) >= 11 is 0. The number of carbonyl (C=O) groups is 4. The zero-order valence-corrected chi connectivity index (χ0v) is 22.1. The Morgan fingerprint density at radius 2 is 1.50 bits per heavy atom. The highest BCUT2D eigenvalue weighted by molar-refractivity contribution is 6.08. The quantitative estimate of drug-likeness (QED) is 0.176. The van der Waals surface area contributed by atoms with Crippen molar-refractivity contribution in [2.45, 2.75) is 70.2 Å². The summed E-state index contributed by atoms with van der Waals surface area (Å²) in [4.78, 5) is 49.9. The average molecular weight is 528 g/mol. The minimum atomic E-state index is -2.13. The number of carboxylic acids is 1. The third-order valence-electron chi connectivity index (χ3n) is 5.50. The summed E-state index contributed by atoms with van der Waals surface area (Å²) < 4.78 is 10.5. The zero-order valence-electron chi connectivity index (χ0n) is 22.1. The lowest BCUT2D eigenvalue weighted by Crippen LogP contribution is -2.64. The van der Waals surface area contributed by atoms with E-state index in [0.29, 0.717) is 18.4 Å². The number of ether oxygens (including phenoxy) is 2. The number of amides is 2. The fourth-order valence-electron chi connectivity index (χ4n) is 3.51. The van der Waals surface area contributed by atoms with Crippen LogP contribution in [0.2, 0.25) is 0 Å². The predicted octanol–water partition coefficient (Wildman–Crippen LogP) is 2.93. The number of esters is 1. The van der Waals surface area contributed by atoms with Crippen molar-refractivity contribution in [1.29, 1.82) is 0 Å². The van der Waals surface area contributed by atoms with E-state index in [1.807, 2.05) is 30.3 Å². The van der Waals surface area contributed by atoms with Gasteiger partial charge in [0, 0.05) is 13.0 Å². The number of aliphatic carboxylic acids is 1. The van der Waals surface area contributed by atoms with Gasteiger partial charge in [-0.25, -0.2) is 14.4 Å². The van der Waals surface area contributed by atoms with Gasteiger partial charge in [-0.1, -0.05) is 60.7 Å². The van der Waals surface area contributed by atoms with Crippen molar-refractivity contribution in [3.63, 3.8) is 0 Å². The minimum absolute atomic E-state index is 0.0670. The molecule has 2 aromatic rings. The number of alkyl carbamates (subject to hydrolysis) is 1. The molecule has 10 heteroatoms. The van der Waals surface area contributed by atoms with Gasteiger partial charge in [-0.15, -0.1) is 0 Å². The lowest BCUT2D eigenvalue weighted by atomic mass is 9.90. The summed E-state index contributed by atoms with van der Waals surface area (Å²) in [7, 11) is 0. The molecule has 0 unspecified atom stereocenters. The van der Waals surface area contributed by atoms with Gasteiger partial charge in [0.05, 0.1) is 0 Å². The molecule has 0 aromatic heterocycles. The lowest BCUT2D eigenvalue weighted by Gasteiger charge is -2.31. The number of hydrogen-bond donors (Lipinski definition) is 4. The van der Waals surface area contributed by atoms with Crippen LogP contribution >= 0.6 is 0 Å². The largest absolute Gasteiger partial charge is 0.480 e. The molecule has 2 aromatic carbocycles. The molecule has 0 spiro atoms. The number of unbranched alkanes of at least 4 members (excludes halogenated alkanes) is 1. The van der Waals surface area contributed by atoms with Gasteiger partial charge in [-0.3, -0.25) is 4.79 Å². The maximum absolute atomic E-state index is 13.2. The molecule has 38 heavy (non-hydrogen) atoms. The van der Waals surface area contributed by atoms with Crippen molar-refractivity contribution >= 4 is 23.9 Å². The zero-order chi connectivity index (χ0) is 28.2. The van der Waals surface area contributed by atoms with Gasteiger partial charge in [0.25, 0.3) is 5.91 Å². The molecule has 0 fully saturated rings. The molecule has 0 saturated heterocycles. The van der Waals surface area contributed by atoms with Crippen LogP contribution in [-0.2, 0) is 36.9 Å². The normalized spacial score (nSPS) is 13.5. The van der Waals surface area contributed by atoms with Crippen LogP contribution in [0.4, 0.5) is 4.79 Å². The van der Waals surface area contributed by atoms with Crippen molar-refractivity contribution in [3.05, 3.63) is 71.8 Å². The van der Waals surface area contributed by atoms with Gasteiger partial charge in [-0.2, -0.15) is 0 Å². The van der Waals surface area contributed by atoms with E-state index in [-0.39, 0.29) is 26.0 Å². The highest BCUT2D eigenvalue weighted by atomic mass is 16.6. The second kappa shape index (κ2) is 14.1. The van der Waals surface area contributed by atoms with E-state index in [2.05, 4.69) is 10.6 Å². The molecule has 0 aliphatic carbocycles. The Hall–Kier alpha value is -3.92. The number of nitrogens with two attached hydrogens (primary N) is 1. The van der Waals surface area contributed by atoms with Crippen LogP contribution in [-0.4, -0.2) is 52.8 Å². The third-order valence-corrected chi connectivity index (χ3v) is 5.50. The van der Waals surface area contributed by atoms with E-state index in [1.54, 1.807) is 51.1 Å². The first-order chi connectivity index (χ1) is 17.9. The molecule has 10 nitrogen and oxygen atoms in total. The smallest absolute Gasteiger partial charge is 0.407 e. The predicted molar refractivity (Wildman–Crippen MR) is 141 cm³/mol. The molecule has 0 aliphatic rings. The Morgan fingerprint density at radius 1 is 0.921 bits per heavy atom. The van der Waals surface area contributed by atoms with Crippen LogP contribution in [0.1, 0.15) is 51.2 Å². The molecule has 0 aliphatic heterocycles. The van der Waals surface area contributed by atoms with Crippen molar-refractivity contribution in [2.75, 3.05) is 6.54 Å². The van der Waals surface area contributed by atoms with Crippen LogP contribution < -0.4 is 16.4 Å². The molecule has 0 bridgehead atoms. The van der Waals surface area contributed by atoms with Crippen LogP contribution in [0, 0.1) is 0 Å². The monoisotopic (exact) mass is 527 g/mol. The van der Waals surface area contributed by atoms with Crippen LogP contribution in [0.25, 0.3) is 0 Å². The Labute approximate surface area is 222 Å². The van der Waals surface area contributed by atoms with Crippen LogP contribution in [0.15, 0.2) is 60.7 Å². The molecular weight excluding hydrogens is 490 g/mol. The van der Waals surface area contributed by atoms with Gasteiger partial charge in [0.1, 0.15) is 18.2 Å². The van der Waals surface area contributed by atoms with E-state index in [1.165, 1.54) is 0 Å². The molecule has 206 valence electrons. The standard InChI is InChI=1S/C28H37N3O7/c1-27(2,3)38-25(35)28(29,18-20-12-6-4-7-13-20)24(34)31-22(23(32)33)16-10-11-17-30-26(36)37-19-21-14-8-5-9-15-21/h4-9,12-15,22H,10-11,16-19,29H2,1-3H3,(H,30,36)(H,31,34)(H,32,33)/t22-,28-/m0/s1. The van der Waals surface area contributed by atoms with Crippen molar-refractivity contribution < 1.29 is 33.8 Å². The maximum Gasteiger partial charge on any atom is 0.407 e. The Kier molecular flexibility index (Phi) is 11.3. The van der Waals surface area contributed by atoms with Gasteiger partial charge in [-0.05, 0) is 51.2 Å². The molecular formula is C28H37N3O7. The van der Waals surface area contributed by atoms with E-state index in [9.17, 15) is 24.3 Å². The first-order valence-electron chi connectivity index (χ1n) is 12.5. The highest BCUT2D eigenvalue weighted by Crippen LogP contribution is 2.19. The Bertz CT molecular complexity index is 1070. The molecule has 2 atom stereocenters. The summed E-state index contributed by atoms with van der Waals surface area (Å²) in [5.74, 6) is -3.15. The first-order valence-corrected chi connectivity index (χ1v) is 12.5. The first kappa shape index (κ1) is 30.3. The fourth-order valence-corrected chi connectivity index (χ4v) is 3.51. The number of hydrogen-bond acceptors (Lipinski definition) is 7. The van der Waals surface area contributed by atoms with E-state index in [4.69, 9.17) is 15.2 Å². The summed E-state index contributed by atoms with van der Waals surface area (Å²) in [5.41, 5.74) is 4.75. The number of nitrogens with one attached hydrogen (secondary N) is 2. The Morgan fingerprint density at radius 3 is 2.05 bits per heavy atom. The lowest BCUT2D eigenvalue weighted by molar-refractivity contribution is -0.165. The molecule has 0 heterocycles. The Balaban J connectivity index is 1.91. The van der Waals surface area contributed by atoms with Crippen LogP contribution in [0.3, 0.4) is 0 Å². The second-order valence-corrected chi connectivity index (χ2v) is 9.98. The number of carbonyl (C=O) groups excluding carboxylic acids is 3. The van der Waals surface area contributed by atoms with Gasteiger partial charge < -0.3 is 30.9 Å². The van der Waals surface area contributed by atoms with E-state index >= 15 is 0 Å². The fraction of sp³-hybridized carbons (Fsp3) is 0.429. The third kappa shape index (κ3) is 10.2. The topological polar surface area (TPSA) is 157 Å². The molecule has 2 amide bonds. The van der Waals surface area contributed by atoms with Crippen molar-refractivity contribution in [2.24, 2.45) is 5.73 Å². The molecule has 0 saturated carbocycles. The number of carboxylic acid groups (broad SMARTS) is 1. The molecule has 0 radical (unpaired) electrons. The number of rotatable bonds is 13. The summed E-state index contributed by atoms with van der Waals surface area (Å²) in [6.45, 7) is 5.35. The summed E-state index contributed by atoms with van der Waals surface area (Å²) in [6, 6.07) is 16.7.